The van der Waals surface area contributed by atoms with E-state index < -0.39 is 33.6 Å². The first-order valence-corrected chi connectivity index (χ1v) is 22.0. The number of para-hydroxylation sites is 1. The van der Waals surface area contributed by atoms with E-state index in [1.54, 1.807) is 53.0 Å². The highest BCUT2D eigenvalue weighted by Gasteiger charge is 2.28. The molecule has 1 saturated carbocycles. The van der Waals surface area contributed by atoms with Crippen LogP contribution in [0.2, 0.25) is 0 Å². The molecule has 0 aliphatic heterocycles. The number of carbonyl (C=O) groups excluding carboxylic acids is 3. The zero-order valence-corrected chi connectivity index (χ0v) is 37.2. The number of ether oxygens (including phenoxy) is 2. The number of benzene rings is 4. The van der Waals surface area contributed by atoms with Crippen LogP contribution in [-0.4, -0.2) is 69.7 Å². The molecule has 12 heteroatoms. The fourth-order valence-corrected chi connectivity index (χ4v) is 9.57. The number of hydrogen-bond acceptors (Lipinski definition) is 8. The van der Waals surface area contributed by atoms with Crippen LogP contribution in [0.25, 0.3) is 0 Å². The van der Waals surface area contributed by atoms with Crippen molar-refractivity contribution in [2.75, 3.05) is 26.5 Å². The fourth-order valence-electron chi connectivity index (χ4n) is 7.47. The summed E-state index contributed by atoms with van der Waals surface area (Å²) in [5.41, 5.74) is 4.34. The molecule has 5 rings (SSSR count). The van der Waals surface area contributed by atoms with Gasteiger partial charge in [-0.2, -0.15) is 0 Å². The molecule has 2 atom stereocenters. The number of amides is 1. The first-order chi connectivity index (χ1) is 27.4. The topological polar surface area (TPSA) is 131 Å². The molecule has 0 saturated heterocycles. The summed E-state index contributed by atoms with van der Waals surface area (Å²) in [7, 11) is 1.46. The summed E-state index contributed by atoms with van der Waals surface area (Å²) >= 11 is 3.58. The number of nitrogens with zero attached hydrogens (tertiary/aromatic N) is 1. The van der Waals surface area contributed by atoms with Crippen LogP contribution in [0.3, 0.4) is 0 Å². The monoisotopic (exact) mass is 873 g/mol. The number of likely N-dealkylation sites (N-methyl/N-ethyl adjacent to an activating group) is 1. The van der Waals surface area contributed by atoms with Crippen molar-refractivity contribution in [3.05, 3.63) is 117 Å². The molecule has 1 aliphatic rings. The lowest BCUT2D eigenvalue weighted by atomic mass is 9.83. The lowest BCUT2D eigenvalue weighted by molar-refractivity contribution is -0.122. The second kappa shape index (κ2) is 19.1. The van der Waals surface area contributed by atoms with Crippen LogP contribution in [0.1, 0.15) is 116 Å². The molecule has 2 N–H and O–H groups in total. The van der Waals surface area contributed by atoms with Gasteiger partial charge in [0.25, 0.3) is 5.91 Å². The largest absolute Gasteiger partial charge is 0.496 e. The molecule has 310 valence electrons. The lowest BCUT2D eigenvalue weighted by Crippen LogP contribution is -2.41. The minimum atomic E-state index is -3.92. The Kier molecular flexibility index (Phi) is 14.8. The highest BCUT2D eigenvalue weighted by molar-refractivity contribution is 9.10. The van der Waals surface area contributed by atoms with Crippen LogP contribution < -0.4 is 19.5 Å². The van der Waals surface area contributed by atoms with E-state index in [1.807, 2.05) is 55.4 Å². The average Bonchev–Trinajstić information content (AvgIpc) is 3.17. The second-order valence-corrected chi connectivity index (χ2v) is 18.9. The predicted molar refractivity (Wildman–Crippen MR) is 233 cm³/mol. The van der Waals surface area contributed by atoms with Gasteiger partial charge in [0.05, 0.1) is 23.3 Å². The highest BCUT2D eigenvalue weighted by Crippen LogP contribution is 2.34. The number of sulfonamides is 1. The zero-order chi connectivity index (χ0) is 42.4. The molecule has 0 aromatic heterocycles. The van der Waals surface area contributed by atoms with Gasteiger partial charge in [0, 0.05) is 16.7 Å². The number of nitrogens with one attached hydrogen (secondary N) is 2. The maximum absolute atomic E-state index is 13.9. The Labute approximate surface area is 352 Å². The van der Waals surface area contributed by atoms with E-state index in [1.165, 1.54) is 56.7 Å². The van der Waals surface area contributed by atoms with Crippen LogP contribution in [0.4, 0.5) is 5.69 Å². The molecule has 0 spiro atoms. The Morgan fingerprint density at radius 2 is 1.57 bits per heavy atom. The maximum atomic E-state index is 13.9. The van der Waals surface area contributed by atoms with E-state index in [0.717, 1.165) is 16.7 Å². The number of halogens is 1. The molecule has 1 aliphatic carbocycles. The third kappa shape index (κ3) is 11.4. The highest BCUT2D eigenvalue weighted by atomic mass is 79.9. The van der Waals surface area contributed by atoms with E-state index in [9.17, 15) is 22.8 Å². The van der Waals surface area contributed by atoms with Crippen LogP contribution in [0.5, 0.6) is 11.5 Å². The van der Waals surface area contributed by atoms with Crippen molar-refractivity contribution in [2.24, 2.45) is 0 Å². The first-order valence-electron chi connectivity index (χ1n) is 19.8. The van der Waals surface area contributed by atoms with E-state index >= 15 is 0 Å². The third-order valence-corrected chi connectivity index (χ3v) is 12.9. The Morgan fingerprint density at radius 1 is 0.897 bits per heavy atom. The van der Waals surface area contributed by atoms with Gasteiger partial charge in [0.15, 0.2) is 17.7 Å². The molecule has 2 unspecified atom stereocenters. The molecule has 0 bridgehead atoms. The molecular weight excluding hydrogens is 818 g/mol. The van der Waals surface area contributed by atoms with Crippen LogP contribution in [0, 0.1) is 0 Å². The molecule has 58 heavy (non-hydrogen) atoms. The number of carbonyl (C=O) groups is 3. The molecule has 1 fully saturated rings. The van der Waals surface area contributed by atoms with Crippen molar-refractivity contribution in [1.29, 1.82) is 0 Å². The summed E-state index contributed by atoms with van der Waals surface area (Å²) in [6.07, 6.45) is 5.98. The van der Waals surface area contributed by atoms with E-state index in [-0.39, 0.29) is 22.1 Å². The third-order valence-electron chi connectivity index (χ3n) is 10.4. The summed E-state index contributed by atoms with van der Waals surface area (Å²) in [4.78, 5) is 42.1. The summed E-state index contributed by atoms with van der Waals surface area (Å²) in [6, 6.07) is 23.0. The van der Waals surface area contributed by atoms with Crippen molar-refractivity contribution in [3.63, 3.8) is 0 Å². The Morgan fingerprint density at radius 3 is 2.17 bits per heavy atom. The van der Waals surface area contributed by atoms with Gasteiger partial charge in [-0.15, -0.1) is 0 Å². The zero-order valence-electron chi connectivity index (χ0n) is 34.8. The van der Waals surface area contributed by atoms with Gasteiger partial charge in [-0.25, -0.2) is 13.1 Å². The van der Waals surface area contributed by atoms with E-state index in [0.29, 0.717) is 45.9 Å². The Balaban J connectivity index is 1.30. The van der Waals surface area contributed by atoms with Crippen molar-refractivity contribution in [2.45, 2.75) is 108 Å². The van der Waals surface area contributed by atoms with Crippen molar-refractivity contribution >= 4 is 49.1 Å². The number of ketones is 2. The number of rotatable bonds is 16. The van der Waals surface area contributed by atoms with Crippen LogP contribution >= 0.6 is 15.9 Å². The van der Waals surface area contributed by atoms with Crippen molar-refractivity contribution in [3.8, 4) is 11.5 Å². The van der Waals surface area contributed by atoms with Gasteiger partial charge >= 0.3 is 0 Å². The SMILES string of the molecule is COc1cc(Cc2ccc(OC(C)C(=O)Nc3ccccc3S(=O)(=O)NC(C)(C)C)c(Br)c2)c(C(C)=O)cc1CC(C(=O)c1ccc(C2CCCCC2)cc1)N(C)C. The Bertz CT molecular complexity index is 2230. The van der Waals surface area contributed by atoms with E-state index in [4.69, 9.17) is 9.47 Å². The first kappa shape index (κ1) is 44.7. The van der Waals surface area contributed by atoms with Crippen molar-refractivity contribution < 1.29 is 32.3 Å². The molecule has 4 aromatic carbocycles. The summed E-state index contributed by atoms with van der Waals surface area (Å²) in [5.74, 6) is 0.942. The predicted octanol–water partition coefficient (Wildman–Crippen LogP) is 9.14. The molecule has 10 nitrogen and oxygen atoms in total. The molecular formula is C46H56BrN3O7S. The lowest BCUT2D eigenvalue weighted by Gasteiger charge is -2.25. The fraction of sp³-hybridized carbons (Fsp3) is 0.413. The second-order valence-electron chi connectivity index (χ2n) is 16.4. The normalized spacial score (nSPS) is 14.8. The minimum absolute atomic E-state index is 0.0146. The van der Waals surface area contributed by atoms with Gasteiger partial charge in [0.1, 0.15) is 16.4 Å². The van der Waals surface area contributed by atoms with Gasteiger partial charge in [-0.3, -0.25) is 19.3 Å². The molecule has 0 heterocycles. The number of Topliss-reactive ketones (excluding diaryl/α,β-unsaturated/α-hetero) is 2. The standard InChI is InChI=1S/C46H56BrN3O7S/c1-29(51)37-26-36(27-40(50(6)7)44(52)34-21-19-33(20-22-34)32-14-10-9-11-15-32)42(56-8)28-35(37)24-31-18-23-41(38(47)25-31)57-30(2)45(53)48-39-16-12-13-17-43(39)58(54,55)49-46(3,4)5/h12-13,16-23,25-26,28,30,32,40,49H,9-11,14-15,24,27H2,1-8H3,(H,48,53). The number of anilines is 1. The summed E-state index contributed by atoms with van der Waals surface area (Å²) < 4.78 is 41.2. The maximum Gasteiger partial charge on any atom is 0.265 e. The minimum Gasteiger partial charge on any atom is -0.496 e. The van der Waals surface area contributed by atoms with Gasteiger partial charge in [-0.1, -0.05) is 61.7 Å². The molecule has 0 radical (unpaired) electrons. The van der Waals surface area contributed by atoms with Crippen molar-refractivity contribution in [1.82, 2.24) is 9.62 Å². The number of hydrogen-bond donors (Lipinski definition) is 2. The quantitative estimate of drug-likeness (QED) is 0.107. The Hall–Kier alpha value is -4.36. The number of methoxy groups -OCH3 is 1. The summed E-state index contributed by atoms with van der Waals surface area (Å²) in [5, 5.41) is 2.70. The van der Waals surface area contributed by atoms with Gasteiger partial charge < -0.3 is 14.8 Å². The average molecular weight is 875 g/mol. The molecule has 1 amide bonds. The van der Waals surface area contributed by atoms with Gasteiger partial charge in [0.2, 0.25) is 10.0 Å². The van der Waals surface area contributed by atoms with Crippen LogP contribution in [-0.2, 0) is 27.7 Å². The summed E-state index contributed by atoms with van der Waals surface area (Å²) in [6.45, 7) is 8.33. The smallest absolute Gasteiger partial charge is 0.265 e. The van der Waals surface area contributed by atoms with E-state index in [2.05, 4.69) is 38.1 Å². The molecule has 4 aromatic rings. The van der Waals surface area contributed by atoms with Crippen LogP contribution in [0.15, 0.2) is 88.2 Å². The van der Waals surface area contributed by atoms with Gasteiger partial charge in [-0.05, 0) is 155 Å².